The van der Waals surface area contributed by atoms with E-state index in [1.807, 2.05) is 27.7 Å². The summed E-state index contributed by atoms with van der Waals surface area (Å²) in [5.41, 5.74) is 1.12. The Morgan fingerprint density at radius 3 is 2.53 bits per heavy atom. The van der Waals surface area contributed by atoms with Crippen LogP contribution in [0.5, 0.6) is 0 Å². The first-order valence-corrected chi connectivity index (χ1v) is 5.12. The predicted molar refractivity (Wildman–Crippen MR) is 62.1 cm³/mol. The molecule has 0 bridgehead atoms. The molecular formula is C11H15ClN2O. The Bertz CT molecular complexity index is 383. The Morgan fingerprint density at radius 2 is 2.07 bits per heavy atom. The number of carbonyl (C=O) groups excluding carboxylic acids is 1. The van der Waals surface area contributed by atoms with Crippen molar-refractivity contribution in [2.75, 3.05) is 5.32 Å². The number of pyridine rings is 1. The van der Waals surface area contributed by atoms with Gasteiger partial charge in [-0.2, -0.15) is 0 Å². The monoisotopic (exact) mass is 226 g/mol. The van der Waals surface area contributed by atoms with Gasteiger partial charge >= 0.3 is 0 Å². The van der Waals surface area contributed by atoms with Gasteiger partial charge in [0.2, 0.25) is 5.91 Å². The van der Waals surface area contributed by atoms with Crippen molar-refractivity contribution in [1.29, 1.82) is 0 Å². The van der Waals surface area contributed by atoms with E-state index in [1.54, 1.807) is 12.3 Å². The van der Waals surface area contributed by atoms with Crippen LogP contribution in [-0.2, 0) is 4.79 Å². The molecule has 15 heavy (non-hydrogen) atoms. The second-order valence-electron chi connectivity index (χ2n) is 4.54. The highest BCUT2D eigenvalue weighted by atomic mass is 35.5. The van der Waals surface area contributed by atoms with Gasteiger partial charge in [-0.1, -0.05) is 32.4 Å². The zero-order chi connectivity index (χ0) is 11.6. The Hall–Kier alpha value is -1.09. The van der Waals surface area contributed by atoms with Gasteiger partial charge in [-0.3, -0.25) is 4.79 Å². The molecule has 1 heterocycles. The zero-order valence-electron chi connectivity index (χ0n) is 9.39. The van der Waals surface area contributed by atoms with Gasteiger partial charge in [0, 0.05) is 5.41 Å². The van der Waals surface area contributed by atoms with Crippen LogP contribution in [0.4, 0.5) is 5.69 Å². The third kappa shape index (κ3) is 3.20. The van der Waals surface area contributed by atoms with Crippen LogP contribution in [0.25, 0.3) is 0 Å². The normalized spacial score (nSPS) is 11.3. The number of carbonyl (C=O) groups is 1. The maximum absolute atomic E-state index is 11.7. The molecule has 1 aromatic heterocycles. The number of rotatable bonds is 1. The number of aromatic nitrogens is 1. The summed E-state index contributed by atoms with van der Waals surface area (Å²) >= 11 is 5.78. The van der Waals surface area contributed by atoms with Crippen LogP contribution in [0, 0.1) is 12.3 Å². The van der Waals surface area contributed by atoms with E-state index < -0.39 is 5.41 Å². The molecule has 0 unspecified atom stereocenters. The number of hydrogen-bond donors (Lipinski definition) is 1. The van der Waals surface area contributed by atoms with Crippen LogP contribution in [0.3, 0.4) is 0 Å². The average Bonchev–Trinajstić information content (AvgIpc) is 2.10. The van der Waals surface area contributed by atoms with E-state index in [0.29, 0.717) is 10.8 Å². The lowest BCUT2D eigenvalue weighted by atomic mass is 9.95. The fraction of sp³-hybridized carbons (Fsp3) is 0.455. The number of nitrogens with zero attached hydrogens (tertiary/aromatic N) is 1. The largest absolute Gasteiger partial charge is 0.324 e. The van der Waals surface area contributed by atoms with Crippen molar-refractivity contribution in [3.05, 3.63) is 23.0 Å². The number of nitrogens with one attached hydrogen (secondary N) is 1. The van der Waals surface area contributed by atoms with Crippen molar-refractivity contribution in [2.24, 2.45) is 5.41 Å². The summed E-state index contributed by atoms with van der Waals surface area (Å²) in [5, 5.41) is 3.25. The first kappa shape index (κ1) is 12.0. The molecule has 0 aliphatic carbocycles. The van der Waals surface area contributed by atoms with E-state index in [9.17, 15) is 4.79 Å². The van der Waals surface area contributed by atoms with Crippen molar-refractivity contribution in [2.45, 2.75) is 27.7 Å². The number of hydrogen-bond acceptors (Lipinski definition) is 2. The first-order valence-electron chi connectivity index (χ1n) is 4.74. The van der Waals surface area contributed by atoms with Gasteiger partial charge in [0.25, 0.3) is 0 Å². The molecular weight excluding hydrogens is 212 g/mol. The predicted octanol–water partition coefficient (Wildman–Crippen LogP) is 3.03. The third-order valence-corrected chi connectivity index (χ3v) is 2.35. The van der Waals surface area contributed by atoms with Gasteiger partial charge in [0.15, 0.2) is 0 Å². The second kappa shape index (κ2) is 4.19. The van der Waals surface area contributed by atoms with Crippen LogP contribution in [0.2, 0.25) is 5.15 Å². The smallest absolute Gasteiger partial charge is 0.229 e. The molecule has 3 nitrogen and oxygen atoms in total. The second-order valence-corrected chi connectivity index (χ2v) is 4.89. The molecule has 0 aliphatic rings. The maximum atomic E-state index is 11.7. The standard InChI is InChI=1S/C11H15ClN2O/c1-7-5-8(6-13-9(7)12)14-10(15)11(2,3)4/h5-6H,1-4H3,(H,14,15). The molecule has 82 valence electrons. The van der Waals surface area contributed by atoms with E-state index in [1.165, 1.54) is 0 Å². The lowest BCUT2D eigenvalue weighted by Gasteiger charge is -2.17. The van der Waals surface area contributed by atoms with Gasteiger partial charge < -0.3 is 5.32 Å². The molecule has 1 amide bonds. The molecule has 0 saturated heterocycles. The quantitative estimate of drug-likeness (QED) is 0.748. The van der Waals surface area contributed by atoms with E-state index in [0.717, 1.165) is 5.56 Å². The molecule has 1 N–H and O–H groups in total. The van der Waals surface area contributed by atoms with Crippen LogP contribution in [-0.4, -0.2) is 10.9 Å². The lowest BCUT2D eigenvalue weighted by Crippen LogP contribution is -2.27. The van der Waals surface area contributed by atoms with Gasteiger partial charge in [-0.25, -0.2) is 4.98 Å². The number of halogens is 1. The Labute approximate surface area is 94.9 Å². The fourth-order valence-corrected chi connectivity index (χ4v) is 1.05. The first-order chi connectivity index (χ1) is 6.80. The molecule has 1 rings (SSSR count). The minimum Gasteiger partial charge on any atom is -0.324 e. The summed E-state index contributed by atoms with van der Waals surface area (Å²) in [7, 11) is 0. The van der Waals surface area contributed by atoms with E-state index in [-0.39, 0.29) is 5.91 Å². The molecule has 0 aromatic carbocycles. The lowest BCUT2D eigenvalue weighted by molar-refractivity contribution is -0.123. The van der Waals surface area contributed by atoms with Gasteiger partial charge in [0.1, 0.15) is 5.15 Å². The summed E-state index contributed by atoms with van der Waals surface area (Å²) in [6.07, 6.45) is 1.55. The number of amides is 1. The van der Waals surface area contributed by atoms with Crippen molar-refractivity contribution < 1.29 is 4.79 Å². The minimum atomic E-state index is -0.409. The molecule has 0 radical (unpaired) electrons. The molecule has 4 heteroatoms. The number of anilines is 1. The zero-order valence-corrected chi connectivity index (χ0v) is 10.1. The van der Waals surface area contributed by atoms with E-state index in [2.05, 4.69) is 10.3 Å². The van der Waals surface area contributed by atoms with Crippen LogP contribution < -0.4 is 5.32 Å². The number of aryl methyl sites for hydroxylation is 1. The summed E-state index contributed by atoms with van der Waals surface area (Å²) in [5.74, 6) is -0.0361. The topological polar surface area (TPSA) is 42.0 Å². The van der Waals surface area contributed by atoms with E-state index >= 15 is 0 Å². The van der Waals surface area contributed by atoms with Crippen molar-refractivity contribution >= 4 is 23.2 Å². The maximum Gasteiger partial charge on any atom is 0.229 e. The fourth-order valence-electron chi connectivity index (χ4n) is 0.945. The molecule has 0 spiro atoms. The van der Waals surface area contributed by atoms with Gasteiger partial charge in [-0.05, 0) is 18.6 Å². The van der Waals surface area contributed by atoms with Crippen LogP contribution >= 0.6 is 11.6 Å². The van der Waals surface area contributed by atoms with Crippen LogP contribution in [0.1, 0.15) is 26.3 Å². The minimum absolute atomic E-state index is 0.0361. The molecule has 1 aromatic rings. The summed E-state index contributed by atoms with van der Waals surface area (Å²) in [6, 6.07) is 1.80. The van der Waals surface area contributed by atoms with Gasteiger partial charge in [-0.15, -0.1) is 0 Å². The summed E-state index contributed by atoms with van der Waals surface area (Å²) in [4.78, 5) is 15.6. The highest BCUT2D eigenvalue weighted by Crippen LogP contribution is 2.19. The van der Waals surface area contributed by atoms with Crippen molar-refractivity contribution in [3.63, 3.8) is 0 Å². The van der Waals surface area contributed by atoms with Crippen molar-refractivity contribution in [1.82, 2.24) is 4.98 Å². The van der Waals surface area contributed by atoms with Crippen LogP contribution in [0.15, 0.2) is 12.3 Å². The third-order valence-electron chi connectivity index (χ3n) is 1.95. The molecule has 0 saturated carbocycles. The Morgan fingerprint density at radius 1 is 1.47 bits per heavy atom. The average molecular weight is 227 g/mol. The molecule has 0 fully saturated rings. The SMILES string of the molecule is Cc1cc(NC(=O)C(C)(C)C)cnc1Cl. The summed E-state index contributed by atoms with van der Waals surface area (Å²) < 4.78 is 0. The Balaban J connectivity index is 2.83. The van der Waals surface area contributed by atoms with Crippen molar-refractivity contribution in [3.8, 4) is 0 Å². The summed E-state index contributed by atoms with van der Waals surface area (Å²) in [6.45, 7) is 7.43. The Kier molecular flexibility index (Phi) is 3.35. The molecule has 0 atom stereocenters. The highest BCUT2D eigenvalue weighted by Gasteiger charge is 2.21. The van der Waals surface area contributed by atoms with E-state index in [4.69, 9.17) is 11.6 Å². The van der Waals surface area contributed by atoms with Gasteiger partial charge in [0.05, 0.1) is 11.9 Å². The molecule has 0 aliphatic heterocycles. The highest BCUT2D eigenvalue weighted by molar-refractivity contribution is 6.30.